The van der Waals surface area contributed by atoms with Crippen molar-refractivity contribution in [2.24, 2.45) is 0 Å². The van der Waals surface area contributed by atoms with Crippen molar-refractivity contribution in [3.8, 4) is 11.3 Å². The Balaban J connectivity index is 1.51. The van der Waals surface area contributed by atoms with E-state index in [0.717, 1.165) is 37.6 Å². The predicted octanol–water partition coefficient (Wildman–Crippen LogP) is 2.42. The van der Waals surface area contributed by atoms with Crippen LogP contribution in [0.1, 0.15) is 11.6 Å². The molecule has 7 nitrogen and oxygen atoms in total. The van der Waals surface area contributed by atoms with Gasteiger partial charge in [0.25, 0.3) is 0 Å². The Morgan fingerprint density at radius 2 is 1.81 bits per heavy atom. The van der Waals surface area contributed by atoms with Gasteiger partial charge in [-0.2, -0.15) is 0 Å². The molecule has 0 spiro atoms. The number of anilines is 1. The topological polar surface area (TPSA) is 76.1 Å². The van der Waals surface area contributed by atoms with Crippen LogP contribution < -0.4 is 5.32 Å². The molecule has 0 amide bonds. The van der Waals surface area contributed by atoms with Crippen LogP contribution >= 0.6 is 0 Å². The number of pyridine rings is 2. The van der Waals surface area contributed by atoms with Crippen LogP contribution in [0.4, 0.5) is 5.95 Å². The summed E-state index contributed by atoms with van der Waals surface area (Å²) < 4.78 is 5.50. The van der Waals surface area contributed by atoms with E-state index in [1.54, 1.807) is 24.8 Å². The highest BCUT2D eigenvalue weighted by atomic mass is 16.5. The van der Waals surface area contributed by atoms with E-state index in [1.165, 1.54) is 5.56 Å². The number of aromatic nitrogens is 4. The zero-order valence-electron chi connectivity index (χ0n) is 15.0. The van der Waals surface area contributed by atoms with Crippen LogP contribution in [0.3, 0.4) is 0 Å². The standard InChI is InChI=1S/C20H22N6O/c1-3-16(13-21-6-1)18-5-8-23-20(25-18)24-15-19(17-4-2-7-22-14-17)26-9-11-27-12-10-26/h1-8,13-14,19H,9-12,15H2,(H,23,24,25)/t19-/m1/s1. The highest BCUT2D eigenvalue weighted by molar-refractivity contribution is 5.58. The van der Waals surface area contributed by atoms with Gasteiger partial charge in [-0.3, -0.25) is 14.9 Å². The molecule has 0 radical (unpaired) electrons. The average Bonchev–Trinajstić information content (AvgIpc) is 2.76. The van der Waals surface area contributed by atoms with E-state index in [-0.39, 0.29) is 6.04 Å². The van der Waals surface area contributed by atoms with Gasteiger partial charge in [-0.05, 0) is 29.8 Å². The molecule has 1 fully saturated rings. The van der Waals surface area contributed by atoms with Crippen molar-refractivity contribution in [2.75, 3.05) is 38.2 Å². The summed E-state index contributed by atoms with van der Waals surface area (Å²) in [5.74, 6) is 0.610. The second-order valence-corrected chi connectivity index (χ2v) is 6.34. The minimum absolute atomic E-state index is 0.188. The molecule has 0 bridgehead atoms. The predicted molar refractivity (Wildman–Crippen MR) is 103 cm³/mol. The quantitative estimate of drug-likeness (QED) is 0.722. The first-order valence-electron chi connectivity index (χ1n) is 9.09. The van der Waals surface area contributed by atoms with Crippen LogP contribution in [-0.4, -0.2) is 57.7 Å². The van der Waals surface area contributed by atoms with Gasteiger partial charge in [0.1, 0.15) is 0 Å². The van der Waals surface area contributed by atoms with E-state index in [9.17, 15) is 0 Å². The molecule has 1 aliphatic rings. The Morgan fingerprint density at radius 1 is 1.00 bits per heavy atom. The Hall–Kier alpha value is -2.90. The highest BCUT2D eigenvalue weighted by Gasteiger charge is 2.23. The first-order chi connectivity index (χ1) is 13.4. The minimum Gasteiger partial charge on any atom is -0.379 e. The molecule has 0 unspecified atom stereocenters. The van der Waals surface area contributed by atoms with Gasteiger partial charge in [-0.25, -0.2) is 9.97 Å². The SMILES string of the molecule is c1cncc(-c2ccnc(NC[C@H](c3cccnc3)N3CCOCC3)n2)c1. The maximum absolute atomic E-state index is 5.50. The lowest BCUT2D eigenvalue weighted by atomic mass is 10.1. The highest BCUT2D eigenvalue weighted by Crippen LogP contribution is 2.22. The third kappa shape index (κ3) is 4.45. The summed E-state index contributed by atoms with van der Waals surface area (Å²) in [5, 5.41) is 3.40. The molecular weight excluding hydrogens is 340 g/mol. The lowest BCUT2D eigenvalue weighted by Gasteiger charge is -2.34. The van der Waals surface area contributed by atoms with Crippen LogP contribution in [0.25, 0.3) is 11.3 Å². The van der Waals surface area contributed by atoms with Gasteiger partial charge < -0.3 is 10.1 Å². The van der Waals surface area contributed by atoms with Gasteiger partial charge >= 0.3 is 0 Å². The van der Waals surface area contributed by atoms with Crippen molar-refractivity contribution >= 4 is 5.95 Å². The van der Waals surface area contributed by atoms with E-state index >= 15 is 0 Å². The normalized spacial score (nSPS) is 16.0. The number of hydrogen-bond donors (Lipinski definition) is 1. The Labute approximate surface area is 158 Å². The number of hydrogen-bond acceptors (Lipinski definition) is 7. The fourth-order valence-electron chi connectivity index (χ4n) is 3.23. The van der Waals surface area contributed by atoms with Gasteiger partial charge in [0.05, 0.1) is 24.9 Å². The second kappa shape index (κ2) is 8.66. The molecule has 1 atom stereocenters. The number of nitrogens with zero attached hydrogens (tertiary/aromatic N) is 5. The molecule has 3 aromatic rings. The van der Waals surface area contributed by atoms with Crippen LogP contribution in [0.2, 0.25) is 0 Å². The molecule has 7 heteroatoms. The van der Waals surface area contributed by atoms with Crippen molar-refractivity contribution in [3.63, 3.8) is 0 Å². The molecule has 0 aliphatic carbocycles. The summed E-state index contributed by atoms with van der Waals surface area (Å²) in [6.07, 6.45) is 9.05. The smallest absolute Gasteiger partial charge is 0.223 e. The fourth-order valence-corrected chi connectivity index (χ4v) is 3.23. The van der Waals surface area contributed by atoms with Crippen LogP contribution in [-0.2, 0) is 4.74 Å². The third-order valence-corrected chi connectivity index (χ3v) is 4.62. The molecular formula is C20H22N6O. The summed E-state index contributed by atoms with van der Waals surface area (Å²) in [7, 11) is 0. The summed E-state index contributed by atoms with van der Waals surface area (Å²) in [5.41, 5.74) is 3.00. The minimum atomic E-state index is 0.188. The van der Waals surface area contributed by atoms with Crippen molar-refractivity contribution in [2.45, 2.75) is 6.04 Å². The Bertz CT molecular complexity index is 839. The zero-order valence-corrected chi connectivity index (χ0v) is 15.0. The summed E-state index contributed by atoms with van der Waals surface area (Å²) in [6, 6.07) is 10.1. The summed E-state index contributed by atoms with van der Waals surface area (Å²) in [4.78, 5) is 19.9. The molecule has 1 N–H and O–H groups in total. The van der Waals surface area contributed by atoms with Gasteiger partial charge in [-0.15, -0.1) is 0 Å². The molecule has 4 rings (SSSR count). The molecule has 27 heavy (non-hydrogen) atoms. The molecule has 138 valence electrons. The number of ether oxygens (including phenoxy) is 1. The third-order valence-electron chi connectivity index (χ3n) is 4.62. The van der Waals surface area contributed by atoms with Gasteiger partial charge in [-0.1, -0.05) is 6.07 Å². The lowest BCUT2D eigenvalue weighted by Crippen LogP contribution is -2.41. The second-order valence-electron chi connectivity index (χ2n) is 6.34. The van der Waals surface area contributed by atoms with E-state index in [1.807, 2.05) is 30.5 Å². The molecule has 1 saturated heterocycles. The first-order valence-corrected chi connectivity index (χ1v) is 9.09. The van der Waals surface area contributed by atoms with Crippen LogP contribution in [0, 0.1) is 0 Å². The van der Waals surface area contributed by atoms with Crippen molar-refractivity contribution in [1.29, 1.82) is 0 Å². The van der Waals surface area contributed by atoms with E-state index in [2.05, 4.69) is 36.2 Å². The van der Waals surface area contributed by atoms with E-state index in [0.29, 0.717) is 12.5 Å². The average molecular weight is 362 g/mol. The lowest BCUT2D eigenvalue weighted by molar-refractivity contribution is 0.0186. The molecule has 0 aromatic carbocycles. The van der Waals surface area contributed by atoms with Gasteiger partial charge in [0.2, 0.25) is 5.95 Å². The summed E-state index contributed by atoms with van der Waals surface area (Å²) >= 11 is 0. The molecule has 1 aliphatic heterocycles. The van der Waals surface area contributed by atoms with Gasteiger partial charge in [0.15, 0.2) is 0 Å². The maximum atomic E-state index is 5.50. The summed E-state index contributed by atoms with van der Waals surface area (Å²) in [6.45, 7) is 4.01. The number of rotatable bonds is 6. The first kappa shape index (κ1) is 17.5. The molecule has 3 aromatic heterocycles. The maximum Gasteiger partial charge on any atom is 0.223 e. The largest absolute Gasteiger partial charge is 0.379 e. The molecule has 4 heterocycles. The molecule has 0 saturated carbocycles. The number of nitrogens with one attached hydrogen (secondary N) is 1. The van der Waals surface area contributed by atoms with Crippen molar-refractivity contribution in [1.82, 2.24) is 24.8 Å². The van der Waals surface area contributed by atoms with E-state index < -0.39 is 0 Å². The Kier molecular flexibility index (Phi) is 5.61. The van der Waals surface area contributed by atoms with Crippen LogP contribution in [0.15, 0.2) is 61.3 Å². The van der Waals surface area contributed by atoms with Crippen molar-refractivity contribution < 1.29 is 4.74 Å². The zero-order chi connectivity index (χ0) is 18.3. The van der Waals surface area contributed by atoms with Gasteiger partial charge in [0, 0.05) is 56.2 Å². The van der Waals surface area contributed by atoms with Crippen molar-refractivity contribution in [3.05, 3.63) is 66.9 Å². The Morgan fingerprint density at radius 3 is 2.56 bits per heavy atom. The monoisotopic (exact) mass is 362 g/mol. The number of morpholine rings is 1. The van der Waals surface area contributed by atoms with E-state index in [4.69, 9.17) is 4.74 Å². The van der Waals surface area contributed by atoms with Crippen LogP contribution in [0.5, 0.6) is 0 Å². The fraction of sp³-hybridized carbons (Fsp3) is 0.300.